The fourth-order valence-electron chi connectivity index (χ4n) is 1.37. The van der Waals surface area contributed by atoms with Crippen LogP contribution in [0.3, 0.4) is 0 Å². The molecule has 1 aliphatic heterocycles. The van der Waals surface area contributed by atoms with Gasteiger partial charge in [0.1, 0.15) is 6.67 Å². The Hall–Kier alpha value is -1.78. The van der Waals surface area contributed by atoms with Crippen LogP contribution < -0.4 is 5.73 Å². The van der Waals surface area contributed by atoms with Crippen molar-refractivity contribution in [1.82, 2.24) is 9.91 Å². The second kappa shape index (κ2) is 5.95. The molecule has 0 unspecified atom stereocenters. The second-order valence-corrected chi connectivity index (χ2v) is 3.58. The molecule has 0 saturated carbocycles. The van der Waals surface area contributed by atoms with E-state index in [-0.39, 0.29) is 0 Å². The van der Waals surface area contributed by atoms with Crippen LogP contribution in [0.4, 0.5) is 0 Å². The second-order valence-electron chi connectivity index (χ2n) is 3.58. The third-order valence-corrected chi connectivity index (χ3v) is 2.13. The van der Waals surface area contributed by atoms with Crippen LogP contribution in [0.5, 0.6) is 0 Å². The van der Waals surface area contributed by atoms with Gasteiger partial charge >= 0.3 is 0 Å². The number of amidine groups is 1. The van der Waals surface area contributed by atoms with Gasteiger partial charge in [-0.3, -0.25) is 9.80 Å². The van der Waals surface area contributed by atoms with Gasteiger partial charge in [0.05, 0.1) is 6.54 Å². The van der Waals surface area contributed by atoms with Crippen LogP contribution in [0.25, 0.3) is 0 Å². The Bertz CT molecular complexity index is 333. The first-order valence-corrected chi connectivity index (χ1v) is 5.31. The molecule has 0 radical (unpaired) electrons. The van der Waals surface area contributed by atoms with Crippen molar-refractivity contribution in [1.29, 1.82) is 0 Å². The lowest BCUT2D eigenvalue weighted by Crippen LogP contribution is -2.35. The van der Waals surface area contributed by atoms with Gasteiger partial charge in [-0.2, -0.15) is 5.10 Å². The highest BCUT2D eigenvalue weighted by atomic mass is 16.1. The molecule has 0 atom stereocenters. The number of carbonyl (C=O) groups excluding carboxylic acids is 1. The lowest BCUT2D eigenvalue weighted by molar-refractivity contribution is -0.112. The van der Waals surface area contributed by atoms with E-state index in [0.717, 1.165) is 6.42 Å². The monoisotopic (exact) mass is 222 g/mol. The number of amides is 1. The lowest BCUT2D eigenvalue weighted by Gasteiger charge is -2.13. The van der Waals surface area contributed by atoms with Crippen molar-refractivity contribution in [3.05, 3.63) is 24.3 Å². The van der Waals surface area contributed by atoms with E-state index in [1.54, 1.807) is 17.0 Å². The van der Waals surface area contributed by atoms with Crippen LogP contribution in [0, 0.1) is 0 Å². The SMILES string of the molecule is CCC=CC=CCN1CN(C)C(C(N)=O)=N1. The van der Waals surface area contributed by atoms with E-state index in [2.05, 4.69) is 18.1 Å². The van der Waals surface area contributed by atoms with Gasteiger partial charge in [-0.15, -0.1) is 0 Å². The van der Waals surface area contributed by atoms with Crippen molar-refractivity contribution < 1.29 is 4.79 Å². The molecule has 0 bridgehead atoms. The standard InChI is InChI=1S/C11H18N4O/c1-3-4-5-6-7-8-15-9-14(2)11(13-15)10(12)16/h4-7H,3,8-9H2,1-2H3,(H2,12,16). The van der Waals surface area contributed by atoms with Gasteiger partial charge in [-0.1, -0.05) is 31.2 Å². The first kappa shape index (κ1) is 12.3. The Labute approximate surface area is 95.9 Å². The predicted octanol–water partition coefficient (Wildman–Crippen LogP) is 0.513. The molecule has 1 amide bonds. The molecule has 2 N–H and O–H groups in total. The van der Waals surface area contributed by atoms with Gasteiger partial charge in [0, 0.05) is 7.05 Å². The molecule has 5 nitrogen and oxygen atoms in total. The maximum absolute atomic E-state index is 11.0. The smallest absolute Gasteiger partial charge is 0.286 e. The number of allylic oxidation sites excluding steroid dienone is 3. The van der Waals surface area contributed by atoms with E-state index in [1.807, 2.05) is 18.2 Å². The van der Waals surface area contributed by atoms with Crippen LogP contribution in [0.2, 0.25) is 0 Å². The van der Waals surface area contributed by atoms with E-state index in [0.29, 0.717) is 19.0 Å². The Kier molecular flexibility index (Phi) is 4.57. The molecule has 88 valence electrons. The summed E-state index contributed by atoms with van der Waals surface area (Å²) in [6.07, 6.45) is 9.07. The number of hydrogen-bond donors (Lipinski definition) is 1. The minimum atomic E-state index is -0.486. The van der Waals surface area contributed by atoms with E-state index >= 15 is 0 Å². The van der Waals surface area contributed by atoms with Crippen molar-refractivity contribution in [2.75, 3.05) is 20.3 Å². The molecule has 0 aromatic rings. The predicted molar refractivity (Wildman–Crippen MR) is 64.5 cm³/mol. The number of hydrazone groups is 1. The first-order valence-electron chi connectivity index (χ1n) is 5.31. The van der Waals surface area contributed by atoms with Crippen molar-refractivity contribution >= 4 is 11.7 Å². The average Bonchev–Trinajstić information content (AvgIpc) is 2.59. The van der Waals surface area contributed by atoms with Crippen LogP contribution >= 0.6 is 0 Å². The summed E-state index contributed by atoms with van der Waals surface area (Å²) in [5, 5.41) is 5.90. The third kappa shape index (κ3) is 3.42. The van der Waals surface area contributed by atoms with Crippen molar-refractivity contribution in [3.63, 3.8) is 0 Å². The van der Waals surface area contributed by atoms with Gasteiger partial charge in [0.15, 0.2) is 0 Å². The highest BCUT2D eigenvalue weighted by Gasteiger charge is 2.22. The zero-order valence-corrected chi connectivity index (χ0v) is 9.76. The minimum Gasteiger partial charge on any atom is -0.363 e. The Morgan fingerprint density at radius 3 is 2.75 bits per heavy atom. The molecule has 5 heteroatoms. The fourth-order valence-corrected chi connectivity index (χ4v) is 1.37. The van der Waals surface area contributed by atoms with Gasteiger partial charge in [-0.05, 0) is 6.42 Å². The molecule has 1 aliphatic rings. The number of hydrogen-bond acceptors (Lipinski definition) is 4. The number of nitrogens with two attached hydrogens (primary N) is 1. The largest absolute Gasteiger partial charge is 0.363 e. The Morgan fingerprint density at radius 1 is 1.50 bits per heavy atom. The van der Waals surface area contributed by atoms with E-state index in [4.69, 9.17) is 5.73 Å². The van der Waals surface area contributed by atoms with Crippen LogP contribution in [0.1, 0.15) is 13.3 Å². The zero-order chi connectivity index (χ0) is 12.0. The molecule has 0 aromatic carbocycles. The van der Waals surface area contributed by atoms with Crippen LogP contribution in [-0.2, 0) is 4.79 Å². The highest BCUT2D eigenvalue weighted by Crippen LogP contribution is 2.04. The van der Waals surface area contributed by atoms with Crippen LogP contribution in [-0.4, -0.2) is 41.9 Å². The summed E-state index contributed by atoms with van der Waals surface area (Å²) in [5.41, 5.74) is 5.18. The molecule has 1 rings (SSSR count). The fraction of sp³-hybridized carbons (Fsp3) is 0.455. The summed E-state index contributed by atoms with van der Waals surface area (Å²) in [7, 11) is 1.80. The van der Waals surface area contributed by atoms with Crippen molar-refractivity contribution in [3.8, 4) is 0 Å². The van der Waals surface area contributed by atoms with Gasteiger partial charge < -0.3 is 10.6 Å². The summed E-state index contributed by atoms with van der Waals surface area (Å²) < 4.78 is 0. The lowest BCUT2D eigenvalue weighted by atomic mass is 10.4. The van der Waals surface area contributed by atoms with Crippen molar-refractivity contribution in [2.24, 2.45) is 10.8 Å². The molecular weight excluding hydrogens is 204 g/mol. The maximum Gasteiger partial charge on any atom is 0.286 e. The Morgan fingerprint density at radius 2 is 2.19 bits per heavy atom. The number of rotatable bonds is 5. The molecule has 0 saturated heterocycles. The quantitative estimate of drug-likeness (QED) is 0.689. The molecule has 0 aliphatic carbocycles. The van der Waals surface area contributed by atoms with Gasteiger partial charge in [0.25, 0.3) is 5.91 Å². The van der Waals surface area contributed by atoms with E-state index < -0.39 is 5.91 Å². The summed E-state index contributed by atoms with van der Waals surface area (Å²) in [6.45, 7) is 3.36. The van der Waals surface area contributed by atoms with E-state index in [9.17, 15) is 4.79 Å². The molecule has 0 aromatic heterocycles. The summed E-state index contributed by atoms with van der Waals surface area (Å²) >= 11 is 0. The molecular formula is C11H18N4O. The summed E-state index contributed by atoms with van der Waals surface area (Å²) in [4.78, 5) is 12.7. The molecule has 1 heterocycles. The molecule has 16 heavy (non-hydrogen) atoms. The van der Waals surface area contributed by atoms with Crippen molar-refractivity contribution in [2.45, 2.75) is 13.3 Å². The van der Waals surface area contributed by atoms with Gasteiger partial charge in [-0.25, -0.2) is 0 Å². The maximum atomic E-state index is 11.0. The third-order valence-electron chi connectivity index (χ3n) is 2.13. The first-order chi connectivity index (χ1) is 7.65. The summed E-state index contributed by atoms with van der Waals surface area (Å²) in [5.74, 6) is -0.169. The number of nitrogens with zero attached hydrogens (tertiary/aromatic N) is 3. The molecule has 0 fully saturated rings. The average molecular weight is 222 g/mol. The highest BCUT2D eigenvalue weighted by molar-refractivity contribution is 6.37. The number of carbonyl (C=O) groups is 1. The van der Waals surface area contributed by atoms with E-state index in [1.165, 1.54) is 0 Å². The number of likely N-dealkylation sites (N-methyl/N-ethyl adjacent to an activating group) is 1. The van der Waals surface area contributed by atoms with Crippen LogP contribution in [0.15, 0.2) is 29.4 Å². The normalized spacial score (nSPS) is 16.5. The zero-order valence-electron chi connectivity index (χ0n) is 9.76. The van der Waals surface area contributed by atoms with Gasteiger partial charge in [0.2, 0.25) is 5.84 Å². The topological polar surface area (TPSA) is 61.9 Å². The minimum absolute atomic E-state index is 0.317. The Balaban J connectivity index is 2.44. The summed E-state index contributed by atoms with van der Waals surface area (Å²) in [6, 6.07) is 0. The number of primary amides is 1. The molecule has 0 spiro atoms.